The third-order valence-corrected chi connectivity index (χ3v) is 4.34. The number of carbonyl (C=O) groups excluding carboxylic acids is 1. The van der Waals surface area contributed by atoms with Gasteiger partial charge in [0.05, 0.1) is 5.52 Å². The third kappa shape index (κ3) is 3.31. The number of hydrogen-bond donors (Lipinski definition) is 0. The second kappa shape index (κ2) is 7.16. The molecule has 0 bridgehead atoms. The van der Waals surface area contributed by atoms with Gasteiger partial charge < -0.3 is 0 Å². The molecule has 2 heteroatoms. The summed E-state index contributed by atoms with van der Waals surface area (Å²) >= 11 is 0. The summed E-state index contributed by atoms with van der Waals surface area (Å²) in [7, 11) is 0. The van der Waals surface area contributed by atoms with Crippen molar-refractivity contribution in [2.24, 2.45) is 0 Å². The minimum Gasteiger partial charge on any atom is -0.289 e. The van der Waals surface area contributed by atoms with Crippen molar-refractivity contribution in [3.05, 3.63) is 108 Å². The maximum absolute atomic E-state index is 12.6. The van der Waals surface area contributed by atoms with Crippen molar-refractivity contribution in [1.29, 1.82) is 0 Å². The fourth-order valence-electron chi connectivity index (χ4n) is 2.98. The van der Waals surface area contributed by atoms with Crippen molar-refractivity contribution in [1.82, 2.24) is 4.98 Å². The number of ketones is 1. The van der Waals surface area contributed by atoms with Gasteiger partial charge in [-0.2, -0.15) is 0 Å². The van der Waals surface area contributed by atoms with Gasteiger partial charge in [-0.25, -0.2) is 0 Å². The average Bonchev–Trinajstić information content (AvgIpc) is 2.72. The fourth-order valence-corrected chi connectivity index (χ4v) is 2.98. The number of benzene rings is 3. The van der Waals surface area contributed by atoms with Crippen molar-refractivity contribution in [3.8, 4) is 11.1 Å². The molecule has 0 aliphatic rings. The molecule has 0 saturated carbocycles. The van der Waals surface area contributed by atoms with Crippen LogP contribution in [0.1, 0.15) is 15.9 Å². The van der Waals surface area contributed by atoms with Crippen molar-refractivity contribution >= 4 is 22.8 Å². The molecule has 0 radical (unpaired) electrons. The predicted octanol–water partition coefficient (Wildman–Crippen LogP) is 5.80. The Balaban J connectivity index is 1.57. The van der Waals surface area contributed by atoms with E-state index in [4.69, 9.17) is 0 Å². The summed E-state index contributed by atoms with van der Waals surface area (Å²) in [6, 6.07) is 27.9. The molecule has 2 nitrogen and oxygen atoms in total. The maximum atomic E-state index is 12.6. The summed E-state index contributed by atoms with van der Waals surface area (Å²) in [4.78, 5) is 16.9. The molecule has 0 aliphatic carbocycles. The van der Waals surface area contributed by atoms with E-state index in [1.807, 2.05) is 66.7 Å². The fraction of sp³-hybridized carbons (Fsp3) is 0. The minimum atomic E-state index is -0.0403. The van der Waals surface area contributed by atoms with E-state index in [0.29, 0.717) is 5.56 Å². The van der Waals surface area contributed by atoms with Gasteiger partial charge in [0.1, 0.15) is 0 Å². The first-order valence-corrected chi connectivity index (χ1v) is 8.53. The molecule has 0 N–H and O–H groups in total. The Morgan fingerprint density at radius 3 is 2.27 bits per heavy atom. The summed E-state index contributed by atoms with van der Waals surface area (Å²) in [6.45, 7) is 0. The number of allylic oxidation sites excluding steroid dienone is 1. The average molecular weight is 335 g/mol. The largest absolute Gasteiger partial charge is 0.289 e. The van der Waals surface area contributed by atoms with E-state index in [9.17, 15) is 4.79 Å². The Morgan fingerprint density at radius 2 is 1.46 bits per heavy atom. The highest BCUT2D eigenvalue weighted by Gasteiger charge is 2.07. The molecule has 0 spiro atoms. The van der Waals surface area contributed by atoms with E-state index in [2.05, 4.69) is 29.2 Å². The van der Waals surface area contributed by atoms with Crippen LogP contribution in [0.25, 0.3) is 28.1 Å². The van der Waals surface area contributed by atoms with E-state index >= 15 is 0 Å². The zero-order valence-electron chi connectivity index (χ0n) is 14.2. The van der Waals surface area contributed by atoms with Gasteiger partial charge >= 0.3 is 0 Å². The van der Waals surface area contributed by atoms with Gasteiger partial charge in [-0.3, -0.25) is 9.78 Å². The molecule has 124 valence electrons. The van der Waals surface area contributed by atoms with Gasteiger partial charge in [0, 0.05) is 17.1 Å². The van der Waals surface area contributed by atoms with Crippen molar-refractivity contribution < 1.29 is 4.79 Å². The monoisotopic (exact) mass is 335 g/mol. The molecule has 3 aromatic carbocycles. The number of carbonyl (C=O) groups is 1. The normalized spacial score (nSPS) is 11.1. The first-order chi connectivity index (χ1) is 12.8. The highest BCUT2D eigenvalue weighted by atomic mass is 16.1. The highest BCUT2D eigenvalue weighted by molar-refractivity contribution is 6.13. The first kappa shape index (κ1) is 16.0. The topological polar surface area (TPSA) is 30.0 Å². The van der Waals surface area contributed by atoms with Gasteiger partial charge in [0.25, 0.3) is 0 Å². The Hall–Kier alpha value is -3.52. The van der Waals surface area contributed by atoms with Crippen LogP contribution in [-0.2, 0) is 0 Å². The third-order valence-electron chi connectivity index (χ3n) is 4.34. The second-order valence-electron chi connectivity index (χ2n) is 6.07. The molecule has 0 fully saturated rings. The lowest BCUT2D eigenvalue weighted by atomic mass is 10.0. The molecular weight excluding hydrogens is 318 g/mol. The number of nitrogens with zero attached hydrogens (tertiary/aromatic N) is 1. The van der Waals surface area contributed by atoms with Crippen molar-refractivity contribution in [2.75, 3.05) is 0 Å². The number of rotatable bonds is 4. The van der Waals surface area contributed by atoms with E-state index in [0.717, 1.165) is 22.0 Å². The van der Waals surface area contributed by atoms with Crippen molar-refractivity contribution in [2.45, 2.75) is 0 Å². The molecule has 0 unspecified atom stereocenters. The van der Waals surface area contributed by atoms with Crippen LogP contribution in [0, 0.1) is 0 Å². The van der Waals surface area contributed by atoms with E-state index < -0.39 is 0 Å². The summed E-state index contributed by atoms with van der Waals surface area (Å²) in [6.07, 6.45) is 5.17. The Bertz CT molecular complexity index is 1070. The van der Waals surface area contributed by atoms with Gasteiger partial charge in [0.15, 0.2) is 5.78 Å². The number of fused-ring (bicyclic) bond motifs is 1. The lowest BCUT2D eigenvalue weighted by molar-refractivity contribution is 0.104. The lowest BCUT2D eigenvalue weighted by Gasteiger charge is -2.03. The van der Waals surface area contributed by atoms with Crippen LogP contribution in [0.15, 0.2) is 97.2 Å². The van der Waals surface area contributed by atoms with Crippen LogP contribution in [0.5, 0.6) is 0 Å². The molecule has 1 heterocycles. The molecule has 0 aliphatic heterocycles. The molecule has 26 heavy (non-hydrogen) atoms. The molecule has 0 atom stereocenters. The minimum absolute atomic E-state index is 0.0403. The Kier molecular flexibility index (Phi) is 4.40. The van der Waals surface area contributed by atoms with Gasteiger partial charge in [0.2, 0.25) is 0 Å². The van der Waals surface area contributed by atoms with Crippen LogP contribution in [0.2, 0.25) is 0 Å². The quantitative estimate of drug-likeness (QED) is 0.348. The molecule has 0 amide bonds. The van der Waals surface area contributed by atoms with E-state index in [-0.39, 0.29) is 5.78 Å². The molecule has 1 aromatic heterocycles. The van der Waals surface area contributed by atoms with Gasteiger partial charge in [-0.05, 0) is 34.9 Å². The maximum Gasteiger partial charge on any atom is 0.188 e. The number of pyridine rings is 1. The molecule has 4 rings (SSSR count). The highest BCUT2D eigenvalue weighted by Crippen LogP contribution is 2.20. The zero-order chi connectivity index (χ0) is 17.8. The van der Waals surface area contributed by atoms with Crippen LogP contribution in [0.3, 0.4) is 0 Å². The Labute approximate surface area is 152 Å². The summed E-state index contributed by atoms with van der Waals surface area (Å²) in [5.41, 5.74) is 4.70. The first-order valence-electron chi connectivity index (χ1n) is 8.53. The smallest absolute Gasteiger partial charge is 0.188 e. The molecule has 4 aromatic rings. The number of aromatic nitrogens is 1. The summed E-state index contributed by atoms with van der Waals surface area (Å²) in [5, 5.41) is 0.971. The van der Waals surface area contributed by atoms with Gasteiger partial charge in [-0.1, -0.05) is 78.9 Å². The number of hydrogen-bond acceptors (Lipinski definition) is 2. The van der Waals surface area contributed by atoms with E-state index in [1.165, 1.54) is 5.56 Å². The summed E-state index contributed by atoms with van der Waals surface area (Å²) < 4.78 is 0. The molecule has 0 saturated heterocycles. The zero-order valence-corrected chi connectivity index (χ0v) is 14.2. The number of para-hydroxylation sites is 1. The summed E-state index contributed by atoms with van der Waals surface area (Å²) in [5.74, 6) is -0.0403. The second-order valence-corrected chi connectivity index (χ2v) is 6.07. The van der Waals surface area contributed by atoms with Crippen LogP contribution in [-0.4, -0.2) is 10.8 Å². The standard InChI is InChI=1S/C24H17NO/c26-23(22-10-4-8-21-9-5-17-25-24(21)22)16-13-18-11-14-20(15-12-18)19-6-2-1-3-7-19/h1-17H/b16-13+. The van der Waals surface area contributed by atoms with Crippen molar-refractivity contribution in [3.63, 3.8) is 0 Å². The predicted molar refractivity (Wildman–Crippen MR) is 107 cm³/mol. The molecular formula is C24H17NO. The SMILES string of the molecule is O=C(/C=C/c1ccc(-c2ccccc2)cc1)c1cccc2cccnc12. The van der Waals surface area contributed by atoms with Crippen LogP contribution < -0.4 is 0 Å². The Morgan fingerprint density at radius 1 is 0.731 bits per heavy atom. The van der Waals surface area contributed by atoms with Gasteiger partial charge in [-0.15, -0.1) is 0 Å². The van der Waals surface area contributed by atoms with E-state index in [1.54, 1.807) is 12.3 Å². The van der Waals surface area contributed by atoms with Crippen LogP contribution in [0.4, 0.5) is 0 Å². The lowest BCUT2D eigenvalue weighted by Crippen LogP contribution is -1.96. The van der Waals surface area contributed by atoms with Crippen LogP contribution >= 0.6 is 0 Å².